The second kappa shape index (κ2) is 13.9. The Balaban J connectivity index is 1.47. The van der Waals surface area contributed by atoms with Crippen molar-refractivity contribution in [1.82, 2.24) is 20.2 Å². The van der Waals surface area contributed by atoms with Gasteiger partial charge in [0.2, 0.25) is 0 Å². The second-order valence-electron chi connectivity index (χ2n) is 12.1. The van der Waals surface area contributed by atoms with E-state index in [0.29, 0.717) is 25.0 Å². The molecule has 1 amide bonds. The Morgan fingerprint density at radius 2 is 1.71 bits per heavy atom. The van der Waals surface area contributed by atoms with Gasteiger partial charge in [0.1, 0.15) is 22.9 Å². The van der Waals surface area contributed by atoms with Crippen LogP contribution in [-0.2, 0) is 4.74 Å². The second-order valence-corrected chi connectivity index (χ2v) is 12.1. The van der Waals surface area contributed by atoms with Gasteiger partial charge in [0, 0.05) is 68.3 Å². The highest BCUT2D eigenvalue weighted by molar-refractivity contribution is 5.82. The van der Waals surface area contributed by atoms with E-state index in [1.54, 1.807) is 25.3 Å². The van der Waals surface area contributed by atoms with Crippen LogP contribution < -0.4 is 25.0 Å². The molecule has 0 radical (unpaired) electrons. The number of hydrogen-bond acceptors (Lipinski definition) is 9. The number of nitrogens with one attached hydrogen (secondary N) is 2. The summed E-state index contributed by atoms with van der Waals surface area (Å²) in [5, 5.41) is 7.00. The molecule has 3 aromatic rings. The molecule has 2 aromatic carbocycles. The van der Waals surface area contributed by atoms with Crippen molar-refractivity contribution in [2.24, 2.45) is 5.92 Å². The van der Waals surface area contributed by atoms with Crippen LogP contribution in [0.25, 0.3) is 11.0 Å². The lowest BCUT2D eigenvalue weighted by molar-refractivity contribution is 0.0188. The van der Waals surface area contributed by atoms with Crippen LogP contribution in [0.1, 0.15) is 47.5 Å². The Morgan fingerprint density at radius 1 is 1.02 bits per heavy atom. The molecule has 4 rings (SSSR count). The van der Waals surface area contributed by atoms with Gasteiger partial charge in [0.25, 0.3) is 0 Å². The number of aromatic nitrogens is 2. The van der Waals surface area contributed by atoms with Gasteiger partial charge >= 0.3 is 6.09 Å². The van der Waals surface area contributed by atoms with E-state index < -0.39 is 5.60 Å². The maximum atomic E-state index is 12.4. The molecule has 1 saturated heterocycles. The summed E-state index contributed by atoms with van der Waals surface area (Å²) < 4.78 is 16.6. The summed E-state index contributed by atoms with van der Waals surface area (Å²) in [6.07, 6.45) is 3.39. The van der Waals surface area contributed by atoms with Crippen LogP contribution in [0.4, 0.5) is 22.0 Å². The zero-order valence-corrected chi connectivity index (χ0v) is 26.1. The quantitative estimate of drug-likeness (QED) is 0.290. The molecule has 1 aromatic heterocycles. The molecule has 1 fully saturated rings. The van der Waals surface area contributed by atoms with Gasteiger partial charge in [-0.25, -0.2) is 9.78 Å². The fourth-order valence-electron chi connectivity index (χ4n) is 4.97. The molecule has 0 bridgehead atoms. The number of hydrogen-bond donors (Lipinski definition) is 2. The van der Waals surface area contributed by atoms with E-state index in [2.05, 4.69) is 46.5 Å². The van der Waals surface area contributed by atoms with Gasteiger partial charge in [0.05, 0.1) is 31.4 Å². The molecular weight excluding hydrogens is 532 g/mol. The van der Waals surface area contributed by atoms with Crippen LogP contribution in [-0.4, -0.2) is 79.5 Å². The number of carbonyl (C=O) groups excluding carboxylic acids is 1. The summed E-state index contributed by atoms with van der Waals surface area (Å²) in [7, 11) is 3.32. The smallest absolute Gasteiger partial charge is 0.410 e. The number of methoxy groups -OCH3 is 2. The number of piperidine rings is 1. The highest BCUT2D eigenvalue weighted by Gasteiger charge is 2.27. The highest BCUT2D eigenvalue weighted by Crippen LogP contribution is 2.34. The molecule has 0 spiro atoms. The van der Waals surface area contributed by atoms with Crippen molar-refractivity contribution in [3.05, 3.63) is 42.6 Å². The Kier molecular flexibility index (Phi) is 10.3. The molecular formula is C32H46N6O4. The van der Waals surface area contributed by atoms with E-state index in [9.17, 15) is 4.79 Å². The number of fused-ring (bicyclic) bond motifs is 1. The third-order valence-electron chi connectivity index (χ3n) is 7.21. The minimum Gasteiger partial charge on any atom is -0.497 e. The van der Waals surface area contributed by atoms with Gasteiger partial charge in [-0.3, -0.25) is 4.98 Å². The Labute approximate surface area is 249 Å². The van der Waals surface area contributed by atoms with E-state index in [0.717, 1.165) is 72.2 Å². The summed E-state index contributed by atoms with van der Waals surface area (Å²) >= 11 is 0. The number of carbonyl (C=O) groups is 1. The van der Waals surface area contributed by atoms with Crippen LogP contribution >= 0.6 is 0 Å². The summed E-state index contributed by atoms with van der Waals surface area (Å²) in [6, 6.07) is 12.4. The minimum atomic E-state index is -0.479. The van der Waals surface area contributed by atoms with Gasteiger partial charge < -0.3 is 34.6 Å². The first kappa shape index (κ1) is 31.2. The van der Waals surface area contributed by atoms with Crippen LogP contribution in [0, 0.1) is 5.92 Å². The summed E-state index contributed by atoms with van der Waals surface area (Å²) in [5.74, 6) is 2.65. The average molecular weight is 579 g/mol. The van der Waals surface area contributed by atoms with Crippen LogP contribution in [0.5, 0.6) is 11.5 Å². The van der Waals surface area contributed by atoms with E-state index in [4.69, 9.17) is 19.2 Å². The van der Waals surface area contributed by atoms with E-state index in [1.165, 1.54) is 0 Å². The third kappa shape index (κ3) is 8.61. The third-order valence-corrected chi connectivity index (χ3v) is 7.21. The fraction of sp³-hybridized carbons (Fsp3) is 0.531. The van der Waals surface area contributed by atoms with Crippen molar-refractivity contribution < 1.29 is 19.0 Å². The molecule has 42 heavy (non-hydrogen) atoms. The van der Waals surface area contributed by atoms with E-state index >= 15 is 0 Å². The van der Waals surface area contributed by atoms with E-state index in [-0.39, 0.29) is 6.09 Å². The Hall–Kier alpha value is -3.79. The minimum absolute atomic E-state index is 0.230. The lowest BCUT2D eigenvalue weighted by atomic mass is 9.97. The van der Waals surface area contributed by atoms with Crippen molar-refractivity contribution >= 4 is 34.3 Å². The van der Waals surface area contributed by atoms with Gasteiger partial charge in [-0.15, -0.1) is 0 Å². The number of likely N-dealkylation sites (tertiary alicyclic amines) is 1. The predicted molar refractivity (Wildman–Crippen MR) is 168 cm³/mol. The number of ether oxygens (including phenoxy) is 3. The topological polar surface area (TPSA) is 101 Å². The lowest BCUT2D eigenvalue weighted by Crippen LogP contribution is -2.42. The van der Waals surface area contributed by atoms with Crippen molar-refractivity contribution in [2.45, 2.75) is 59.1 Å². The maximum absolute atomic E-state index is 12.4. The average Bonchev–Trinajstić information content (AvgIpc) is 2.96. The molecule has 1 aliphatic heterocycles. The standard InChI is InChI=1S/C32H46N6O4/c1-22(2)33-12-15-38(25-16-26(40-6)19-27(17-25)41-7)24-8-9-28-29(18-24)36-30(21-34-28)35-20-23-10-13-37(14-11-23)31(39)42-32(3,4)5/h8-9,16-19,21-23,33H,10-15,20H2,1-7H3,(H,35,36). The highest BCUT2D eigenvalue weighted by atomic mass is 16.6. The maximum Gasteiger partial charge on any atom is 0.410 e. The summed E-state index contributed by atoms with van der Waals surface area (Å²) in [4.78, 5) is 26.0. The van der Waals surface area contributed by atoms with Crippen molar-refractivity contribution in [1.29, 1.82) is 0 Å². The zero-order valence-electron chi connectivity index (χ0n) is 26.1. The largest absolute Gasteiger partial charge is 0.497 e. The summed E-state index contributed by atoms with van der Waals surface area (Å²) in [5.41, 5.74) is 3.14. The van der Waals surface area contributed by atoms with E-state index in [1.807, 2.05) is 45.0 Å². The molecule has 2 N–H and O–H groups in total. The van der Waals surface area contributed by atoms with Crippen LogP contribution in [0.3, 0.4) is 0 Å². The van der Waals surface area contributed by atoms with Crippen LogP contribution in [0.2, 0.25) is 0 Å². The number of benzene rings is 2. The van der Waals surface area contributed by atoms with Crippen molar-refractivity contribution in [3.63, 3.8) is 0 Å². The molecule has 2 heterocycles. The number of amides is 1. The van der Waals surface area contributed by atoms with Gasteiger partial charge in [-0.05, 0) is 57.7 Å². The fourth-order valence-corrected chi connectivity index (χ4v) is 4.97. The predicted octanol–water partition coefficient (Wildman–Crippen LogP) is 5.84. The molecule has 0 aliphatic carbocycles. The first-order chi connectivity index (χ1) is 20.0. The van der Waals surface area contributed by atoms with Gasteiger partial charge in [-0.1, -0.05) is 13.8 Å². The Bertz CT molecular complexity index is 1310. The van der Waals surface area contributed by atoms with Crippen molar-refractivity contribution in [3.8, 4) is 11.5 Å². The normalized spacial score (nSPS) is 14.2. The SMILES string of the molecule is COc1cc(OC)cc(N(CCNC(C)C)c2ccc3ncc(NCC4CCN(C(=O)OC(C)(C)C)CC4)nc3c2)c1. The molecule has 10 nitrogen and oxygen atoms in total. The molecule has 10 heteroatoms. The number of nitrogens with zero attached hydrogens (tertiary/aromatic N) is 4. The summed E-state index contributed by atoms with van der Waals surface area (Å²) in [6.45, 7) is 13.7. The van der Waals surface area contributed by atoms with Crippen molar-refractivity contribution in [2.75, 3.05) is 57.2 Å². The zero-order chi connectivity index (χ0) is 30.3. The molecule has 0 atom stereocenters. The van der Waals surface area contributed by atoms with Gasteiger partial charge in [0.15, 0.2) is 0 Å². The van der Waals surface area contributed by atoms with Gasteiger partial charge in [-0.2, -0.15) is 0 Å². The lowest BCUT2D eigenvalue weighted by Gasteiger charge is -2.33. The Morgan fingerprint density at radius 3 is 2.33 bits per heavy atom. The number of anilines is 3. The number of rotatable bonds is 11. The first-order valence-corrected chi connectivity index (χ1v) is 14.8. The first-order valence-electron chi connectivity index (χ1n) is 14.8. The molecule has 0 unspecified atom stereocenters. The monoisotopic (exact) mass is 578 g/mol. The van der Waals surface area contributed by atoms with Crippen LogP contribution in [0.15, 0.2) is 42.6 Å². The molecule has 0 saturated carbocycles. The molecule has 1 aliphatic rings. The molecule has 228 valence electrons.